The first-order valence-corrected chi connectivity index (χ1v) is 7.76. The third kappa shape index (κ3) is 5.22. The Bertz CT molecular complexity index is 352. The van der Waals surface area contributed by atoms with Crippen LogP contribution in [0.25, 0.3) is 0 Å². The summed E-state index contributed by atoms with van der Waals surface area (Å²) >= 11 is 4.95. The third-order valence-corrected chi connectivity index (χ3v) is 4.15. The molecule has 2 unspecified atom stereocenters. The van der Waals surface area contributed by atoms with Crippen LogP contribution in [0.15, 0.2) is 30.3 Å². The molecule has 0 bridgehead atoms. The topological polar surface area (TPSA) is 24.1 Å². The van der Waals surface area contributed by atoms with Gasteiger partial charge in [0, 0.05) is 23.2 Å². The molecular formula is C16H26N2S. The van der Waals surface area contributed by atoms with Gasteiger partial charge in [-0.2, -0.15) is 0 Å². The first-order chi connectivity index (χ1) is 9.24. The Balaban J connectivity index is 2.45. The summed E-state index contributed by atoms with van der Waals surface area (Å²) in [6, 6.07) is 0. The van der Waals surface area contributed by atoms with E-state index in [4.69, 9.17) is 12.2 Å². The highest BCUT2D eigenvalue weighted by molar-refractivity contribution is 7.79. The molecule has 1 aliphatic heterocycles. The molecule has 2 nitrogen and oxygen atoms in total. The molecule has 0 saturated carbocycles. The van der Waals surface area contributed by atoms with Crippen molar-refractivity contribution in [3.8, 4) is 0 Å². The molecule has 0 amide bonds. The maximum Gasteiger partial charge on any atom is 0.126 e. The van der Waals surface area contributed by atoms with Gasteiger partial charge in [-0.15, -0.1) is 5.73 Å². The molecule has 0 spiro atoms. The summed E-state index contributed by atoms with van der Waals surface area (Å²) in [4.78, 5) is 0. The molecule has 3 heteroatoms. The Kier molecular flexibility index (Phi) is 7.54. The summed E-state index contributed by atoms with van der Waals surface area (Å²) in [5.41, 5.74) is 4.12. The average Bonchev–Trinajstić information content (AvgIpc) is 2.91. The van der Waals surface area contributed by atoms with Crippen LogP contribution in [-0.4, -0.2) is 11.5 Å². The lowest BCUT2D eigenvalue weighted by atomic mass is 9.92. The third-order valence-electron chi connectivity index (χ3n) is 3.88. The molecule has 0 aromatic rings. The monoisotopic (exact) mass is 278 g/mol. The predicted molar refractivity (Wildman–Crippen MR) is 86.9 cm³/mol. The molecule has 1 aliphatic rings. The van der Waals surface area contributed by atoms with Crippen LogP contribution in [0.1, 0.15) is 46.0 Å². The van der Waals surface area contributed by atoms with E-state index in [2.05, 4.69) is 42.9 Å². The first-order valence-electron chi connectivity index (χ1n) is 7.29. The molecule has 106 valence electrons. The van der Waals surface area contributed by atoms with Gasteiger partial charge in [-0.1, -0.05) is 58.3 Å². The minimum absolute atomic E-state index is 0.0877. The van der Waals surface area contributed by atoms with E-state index in [1.807, 2.05) is 6.20 Å². The number of hydrogen-bond donors (Lipinski definition) is 2. The van der Waals surface area contributed by atoms with Crippen molar-refractivity contribution in [1.29, 1.82) is 0 Å². The van der Waals surface area contributed by atoms with Crippen molar-refractivity contribution in [3.63, 3.8) is 0 Å². The zero-order valence-corrected chi connectivity index (χ0v) is 12.9. The summed E-state index contributed by atoms with van der Waals surface area (Å²) in [5.74, 6) is 1.24. The molecule has 19 heavy (non-hydrogen) atoms. The fraction of sp³-hybridized carbons (Fsp3) is 0.625. The van der Waals surface area contributed by atoms with Crippen LogP contribution < -0.4 is 10.6 Å². The maximum atomic E-state index is 4.95. The zero-order valence-electron chi connectivity index (χ0n) is 12.1. The van der Waals surface area contributed by atoms with E-state index in [9.17, 15) is 0 Å². The van der Waals surface area contributed by atoms with Gasteiger partial charge in [0.05, 0.1) is 0 Å². The van der Waals surface area contributed by atoms with E-state index in [1.54, 1.807) is 5.37 Å². The summed E-state index contributed by atoms with van der Waals surface area (Å²) in [7, 11) is 0. The van der Waals surface area contributed by atoms with Crippen molar-refractivity contribution in [1.82, 2.24) is 10.6 Å². The minimum atomic E-state index is 0.0877. The summed E-state index contributed by atoms with van der Waals surface area (Å²) in [6.45, 7) is 8.27. The quantitative estimate of drug-likeness (QED) is 0.494. The predicted octanol–water partition coefficient (Wildman–Crippen LogP) is 3.91. The minimum Gasteiger partial charge on any atom is -0.366 e. The Hall–Kier alpha value is -1.05. The molecule has 0 aliphatic carbocycles. The molecule has 2 atom stereocenters. The SMILES string of the molecule is C=C=CC(CCCC(CC)CC)C1=CNC(C=S)N1. The second-order valence-electron chi connectivity index (χ2n) is 5.12. The lowest BCUT2D eigenvalue weighted by Crippen LogP contribution is -2.33. The van der Waals surface area contributed by atoms with Gasteiger partial charge in [-0.3, -0.25) is 0 Å². The van der Waals surface area contributed by atoms with Crippen molar-refractivity contribution in [2.24, 2.45) is 11.8 Å². The number of hydrogen-bond acceptors (Lipinski definition) is 3. The van der Waals surface area contributed by atoms with Crippen LogP contribution in [0.3, 0.4) is 0 Å². The normalized spacial score (nSPS) is 19.1. The standard InChI is InChI=1S/C16H26N2S/c1-4-8-14(10-7-9-13(5-2)6-3)15-11-17-16(12-19)18-15/h8,11-14,16-18H,1,5-7,9-10H2,2-3H3. The van der Waals surface area contributed by atoms with Gasteiger partial charge >= 0.3 is 0 Å². The number of nitrogens with one attached hydrogen (secondary N) is 2. The van der Waals surface area contributed by atoms with E-state index < -0.39 is 0 Å². The Labute approximate surface area is 123 Å². The maximum absolute atomic E-state index is 4.95. The van der Waals surface area contributed by atoms with Crippen molar-refractivity contribution in [2.75, 3.05) is 0 Å². The Morgan fingerprint density at radius 2 is 2.16 bits per heavy atom. The van der Waals surface area contributed by atoms with Crippen LogP contribution in [0, 0.1) is 11.8 Å². The van der Waals surface area contributed by atoms with E-state index in [0.29, 0.717) is 5.92 Å². The second kappa shape index (κ2) is 8.95. The second-order valence-corrected chi connectivity index (χ2v) is 5.39. The van der Waals surface area contributed by atoms with Crippen LogP contribution in [0.5, 0.6) is 0 Å². The van der Waals surface area contributed by atoms with E-state index in [1.165, 1.54) is 31.4 Å². The van der Waals surface area contributed by atoms with Crippen molar-refractivity contribution in [2.45, 2.75) is 52.1 Å². The van der Waals surface area contributed by atoms with Crippen LogP contribution >= 0.6 is 12.2 Å². The summed E-state index contributed by atoms with van der Waals surface area (Å²) in [5, 5.41) is 8.31. The van der Waals surface area contributed by atoms with Crippen LogP contribution in [0.2, 0.25) is 0 Å². The lowest BCUT2D eigenvalue weighted by Gasteiger charge is -2.17. The molecule has 2 N–H and O–H groups in total. The highest BCUT2D eigenvalue weighted by Gasteiger charge is 2.19. The van der Waals surface area contributed by atoms with Gasteiger partial charge in [-0.25, -0.2) is 0 Å². The van der Waals surface area contributed by atoms with E-state index >= 15 is 0 Å². The summed E-state index contributed by atoms with van der Waals surface area (Å²) < 4.78 is 0. The first kappa shape index (κ1) is 16.0. The number of thiocarbonyl (C=S) groups is 1. The molecule has 1 heterocycles. The van der Waals surface area contributed by atoms with Gasteiger partial charge in [0.15, 0.2) is 0 Å². The average molecular weight is 278 g/mol. The van der Waals surface area contributed by atoms with Crippen LogP contribution in [-0.2, 0) is 0 Å². The largest absolute Gasteiger partial charge is 0.366 e. The molecular weight excluding hydrogens is 252 g/mol. The molecule has 0 fully saturated rings. The van der Waals surface area contributed by atoms with E-state index in [-0.39, 0.29) is 6.17 Å². The van der Waals surface area contributed by atoms with Crippen molar-refractivity contribution >= 4 is 17.6 Å². The number of allylic oxidation sites excluding steroid dienone is 1. The highest BCUT2D eigenvalue weighted by atomic mass is 32.1. The van der Waals surface area contributed by atoms with E-state index in [0.717, 1.165) is 12.3 Å². The molecule has 1 rings (SSSR count). The molecule has 0 aromatic carbocycles. The fourth-order valence-electron chi connectivity index (χ4n) is 2.52. The van der Waals surface area contributed by atoms with Crippen LogP contribution in [0.4, 0.5) is 0 Å². The summed E-state index contributed by atoms with van der Waals surface area (Å²) in [6.07, 6.45) is 10.4. The smallest absolute Gasteiger partial charge is 0.126 e. The Morgan fingerprint density at radius 1 is 1.42 bits per heavy atom. The van der Waals surface area contributed by atoms with Gasteiger partial charge in [0.25, 0.3) is 0 Å². The van der Waals surface area contributed by atoms with Gasteiger partial charge in [0.1, 0.15) is 6.17 Å². The highest BCUT2D eigenvalue weighted by Crippen LogP contribution is 2.23. The van der Waals surface area contributed by atoms with Gasteiger partial charge < -0.3 is 10.6 Å². The zero-order chi connectivity index (χ0) is 14.1. The fourth-order valence-corrected chi connectivity index (χ4v) is 2.67. The molecule has 0 saturated heterocycles. The van der Waals surface area contributed by atoms with Gasteiger partial charge in [-0.05, 0) is 18.4 Å². The lowest BCUT2D eigenvalue weighted by molar-refractivity contribution is 0.420. The van der Waals surface area contributed by atoms with Gasteiger partial charge in [0.2, 0.25) is 0 Å². The number of rotatable bonds is 9. The molecule has 0 radical (unpaired) electrons. The molecule has 0 aromatic heterocycles. The Morgan fingerprint density at radius 3 is 2.68 bits per heavy atom. The van der Waals surface area contributed by atoms with Crippen molar-refractivity contribution < 1.29 is 0 Å². The van der Waals surface area contributed by atoms with Crippen molar-refractivity contribution in [3.05, 3.63) is 30.3 Å².